The summed E-state index contributed by atoms with van der Waals surface area (Å²) in [5.74, 6) is -0.256. The maximum absolute atomic E-state index is 12.1. The van der Waals surface area contributed by atoms with Gasteiger partial charge < -0.3 is 14.8 Å². The van der Waals surface area contributed by atoms with Crippen LogP contribution >= 0.6 is 0 Å². The molecule has 7 heteroatoms. The van der Waals surface area contributed by atoms with E-state index in [9.17, 15) is 4.79 Å². The van der Waals surface area contributed by atoms with E-state index >= 15 is 0 Å². The van der Waals surface area contributed by atoms with Crippen LogP contribution in [0.2, 0.25) is 0 Å². The van der Waals surface area contributed by atoms with E-state index in [1.807, 2.05) is 30.3 Å². The van der Waals surface area contributed by atoms with Gasteiger partial charge in [0.05, 0.1) is 25.5 Å². The zero-order valence-corrected chi connectivity index (χ0v) is 12.1. The second-order valence-corrected chi connectivity index (χ2v) is 5.13. The Balaban J connectivity index is 1.57. The van der Waals surface area contributed by atoms with Crippen LogP contribution in [0.25, 0.3) is 0 Å². The minimum Gasteiger partial charge on any atom is -0.379 e. The fraction of sp³-hybridized carbons (Fsp3) is 0.400. The van der Waals surface area contributed by atoms with Crippen LogP contribution in [0.15, 0.2) is 36.5 Å². The number of rotatable bonds is 5. The van der Waals surface area contributed by atoms with Gasteiger partial charge in [0.2, 0.25) is 0 Å². The molecule has 1 saturated heterocycles. The molecule has 0 saturated carbocycles. The standard InChI is InChI=1S/C15H18N4O3/c20-15(13-8-16-19-18-13)17-12-6-7-21-10-14(12)22-9-11-4-2-1-3-5-11/h1-5,8,12,14H,6-7,9-10H2,(H,17,20)(H,16,18,19)/t12-,14-/m1/s1. The largest absolute Gasteiger partial charge is 0.379 e. The maximum atomic E-state index is 12.1. The van der Waals surface area contributed by atoms with E-state index in [1.165, 1.54) is 6.20 Å². The van der Waals surface area contributed by atoms with Crippen molar-refractivity contribution in [1.29, 1.82) is 0 Å². The van der Waals surface area contributed by atoms with Crippen LogP contribution in [0.5, 0.6) is 0 Å². The first kappa shape index (κ1) is 14.7. The van der Waals surface area contributed by atoms with Crippen molar-refractivity contribution < 1.29 is 14.3 Å². The lowest BCUT2D eigenvalue weighted by molar-refractivity contribution is -0.0736. The molecule has 1 fully saturated rings. The number of carbonyl (C=O) groups is 1. The van der Waals surface area contributed by atoms with Crippen LogP contribution in [-0.4, -0.2) is 46.7 Å². The summed E-state index contributed by atoms with van der Waals surface area (Å²) >= 11 is 0. The molecular formula is C15H18N4O3. The van der Waals surface area contributed by atoms with Crippen LogP contribution in [0.4, 0.5) is 0 Å². The highest BCUT2D eigenvalue weighted by molar-refractivity contribution is 5.92. The average molecular weight is 302 g/mol. The Kier molecular flexibility index (Phi) is 4.77. The highest BCUT2D eigenvalue weighted by atomic mass is 16.5. The van der Waals surface area contributed by atoms with Crippen molar-refractivity contribution in [2.75, 3.05) is 13.2 Å². The van der Waals surface area contributed by atoms with Gasteiger partial charge in [0.1, 0.15) is 6.10 Å². The van der Waals surface area contributed by atoms with Gasteiger partial charge in [0, 0.05) is 6.61 Å². The molecule has 1 aromatic heterocycles. The number of ether oxygens (including phenoxy) is 2. The van der Waals surface area contributed by atoms with Crippen molar-refractivity contribution in [1.82, 2.24) is 20.7 Å². The zero-order chi connectivity index (χ0) is 15.2. The topological polar surface area (TPSA) is 89.1 Å². The molecule has 0 aliphatic carbocycles. The van der Waals surface area contributed by atoms with Gasteiger partial charge in [-0.25, -0.2) is 0 Å². The summed E-state index contributed by atoms with van der Waals surface area (Å²) in [5, 5.41) is 12.8. The fourth-order valence-electron chi connectivity index (χ4n) is 2.37. The van der Waals surface area contributed by atoms with Crippen LogP contribution in [0, 0.1) is 0 Å². The Labute approximate surface area is 128 Å². The molecule has 116 valence electrons. The molecule has 1 aromatic carbocycles. The van der Waals surface area contributed by atoms with Gasteiger partial charge in [0.15, 0.2) is 5.69 Å². The van der Waals surface area contributed by atoms with Crippen molar-refractivity contribution in [2.24, 2.45) is 0 Å². The average Bonchev–Trinajstić information content (AvgIpc) is 3.10. The van der Waals surface area contributed by atoms with Crippen LogP contribution < -0.4 is 5.32 Å². The number of amides is 1. The molecule has 0 spiro atoms. The van der Waals surface area contributed by atoms with E-state index in [0.717, 1.165) is 5.56 Å². The van der Waals surface area contributed by atoms with Crippen LogP contribution in [-0.2, 0) is 16.1 Å². The molecular weight excluding hydrogens is 284 g/mol. The molecule has 1 aliphatic heterocycles. The molecule has 2 N–H and O–H groups in total. The normalized spacial score (nSPS) is 21.5. The van der Waals surface area contributed by atoms with E-state index in [-0.39, 0.29) is 23.7 Å². The minimum atomic E-state index is -0.256. The summed E-state index contributed by atoms with van der Waals surface area (Å²) in [4.78, 5) is 12.1. The lowest BCUT2D eigenvalue weighted by atomic mass is 10.1. The number of nitrogens with zero attached hydrogens (tertiary/aromatic N) is 2. The van der Waals surface area contributed by atoms with Gasteiger partial charge in [-0.2, -0.15) is 15.4 Å². The van der Waals surface area contributed by atoms with Gasteiger partial charge in [-0.05, 0) is 12.0 Å². The Morgan fingerprint density at radius 2 is 2.27 bits per heavy atom. The third-order valence-corrected chi connectivity index (χ3v) is 3.58. The van der Waals surface area contributed by atoms with Crippen molar-refractivity contribution in [3.8, 4) is 0 Å². The molecule has 0 unspecified atom stereocenters. The van der Waals surface area contributed by atoms with Crippen LogP contribution in [0.1, 0.15) is 22.5 Å². The maximum Gasteiger partial charge on any atom is 0.273 e. The van der Waals surface area contributed by atoms with E-state index in [2.05, 4.69) is 20.7 Å². The van der Waals surface area contributed by atoms with Gasteiger partial charge in [-0.15, -0.1) is 0 Å². The van der Waals surface area contributed by atoms with Gasteiger partial charge in [0.25, 0.3) is 5.91 Å². The molecule has 0 bridgehead atoms. The number of benzene rings is 1. The van der Waals surface area contributed by atoms with E-state index in [0.29, 0.717) is 26.2 Å². The predicted molar refractivity (Wildman–Crippen MR) is 78.1 cm³/mol. The number of aromatic amines is 1. The summed E-state index contributed by atoms with van der Waals surface area (Å²) < 4.78 is 11.4. The fourth-order valence-corrected chi connectivity index (χ4v) is 2.37. The molecule has 7 nitrogen and oxygen atoms in total. The number of carbonyl (C=O) groups excluding carboxylic acids is 1. The zero-order valence-electron chi connectivity index (χ0n) is 12.1. The second-order valence-electron chi connectivity index (χ2n) is 5.13. The Morgan fingerprint density at radius 3 is 3.05 bits per heavy atom. The van der Waals surface area contributed by atoms with Crippen molar-refractivity contribution >= 4 is 5.91 Å². The Bertz CT molecular complexity index is 588. The number of aromatic nitrogens is 3. The first-order valence-corrected chi connectivity index (χ1v) is 7.23. The second kappa shape index (κ2) is 7.15. The van der Waals surface area contributed by atoms with Crippen molar-refractivity contribution in [2.45, 2.75) is 25.2 Å². The lowest BCUT2D eigenvalue weighted by Crippen LogP contribution is -2.50. The Morgan fingerprint density at radius 1 is 1.41 bits per heavy atom. The highest BCUT2D eigenvalue weighted by Gasteiger charge is 2.28. The molecule has 3 rings (SSSR count). The number of H-pyrrole nitrogens is 1. The summed E-state index contributed by atoms with van der Waals surface area (Å²) in [5.41, 5.74) is 1.36. The molecule has 1 amide bonds. The molecule has 1 aliphatic rings. The Hall–Kier alpha value is -2.25. The number of hydrogen-bond acceptors (Lipinski definition) is 5. The van der Waals surface area contributed by atoms with E-state index in [4.69, 9.17) is 9.47 Å². The SMILES string of the molecule is O=C(N[C@@H]1CCOC[C@H]1OCc1ccccc1)c1cn[nH]n1. The summed E-state index contributed by atoms with van der Waals surface area (Å²) in [6.07, 6.45) is 1.93. The predicted octanol–water partition coefficient (Wildman–Crippen LogP) is 0.909. The van der Waals surface area contributed by atoms with Crippen LogP contribution in [0.3, 0.4) is 0 Å². The monoisotopic (exact) mass is 302 g/mol. The molecule has 2 atom stereocenters. The summed E-state index contributed by atoms with van der Waals surface area (Å²) in [6, 6.07) is 9.83. The first-order chi connectivity index (χ1) is 10.8. The third kappa shape index (κ3) is 3.69. The van der Waals surface area contributed by atoms with Gasteiger partial charge in [-0.1, -0.05) is 30.3 Å². The highest BCUT2D eigenvalue weighted by Crippen LogP contribution is 2.14. The smallest absolute Gasteiger partial charge is 0.273 e. The van der Waals surface area contributed by atoms with E-state index < -0.39 is 0 Å². The van der Waals surface area contributed by atoms with Crippen molar-refractivity contribution in [3.63, 3.8) is 0 Å². The number of nitrogens with one attached hydrogen (secondary N) is 2. The summed E-state index contributed by atoms with van der Waals surface area (Å²) in [7, 11) is 0. The van der Waals surface area contributed by atoms with Gasteiger partial charge in [-0.3, -0.25) is 4.79 Å². The molecule has 0 radical (unpaired) electrons. The molecule has 2 aromatic rings. The lowest BCUT2D eigenvalue weighted by Gasteiger charge is -2.31. The van der Waals surface area contributed by atoms with E-state index in [1.54, 1.807) is 0 Å². The van der Waals surface area contributed by atoms with Gasteiger partial charge >= 0.3 is 0 Å². The number of hydrogen-bond donors (Lipinski definition) is 2. The quantitative estimate of drug-likeness (QED) is 0.857. The third-order valence-electron chi connectivity index (χ3n) is 3.58. The molecule has 22 heavy (non-hydrogen) atoms. The first-order valence-electron chi connectivity index (χ1n) is 7.23. The minimum absolute atomic E-state index is 0.0957. The van der Waals surface area contributed by atoms with Crippen molar-refractivity contribution in [3.05, 3.63) is 47.8 Å². The molecule has 2 heterocycles. The summed E-state index contributed by atoms with van der Waals surface area (Å²) in [6.45, 7) is 1.57.